The lowest BCUT2D eigenvalue weighted by Crippen LogP contribution is -2.24. The Morgan fingerprint density at radius 1 is 1.19 bits per heavy atom. The molecule has 0 unspecified atom stereocenters. The van der Waals surface area contributed by atoms with Crippen molar-refractivity contribution in [3.63, 3.8) is 0 Å². The van der Waals surface area contributed by atoms with Crippen molar-refractivity contribution in [3.8, 4) is 11.6 Å². The van der Waals surface area contributed by atoms with Gasteiger partial charge in [-0.3, -0.25) is 0 Å². The number of fused-ring (bicyclic) bond motifs is 1. The minimum Gasteiger partial charge on any atom is -0.438 e. The summed E-state index contributed by atoms with van der Waals surface area (Å²) in [6.07, 6.45) is 2.96. The Kier molecular flexibility index (Phi) is 3.32. The molecule has 1 aromatic carbocycles. The van der Waals surface area contributed by atoms with E-state index in [4.69, 9.17) is 10.5 Å². The molecule has 0 fully saturated rings. The predicted molar refractivity (Wildman–Crippen MR) is 83.5 cm³/mol. The lowest BCUT2D eigenvalue weighted by molar-refractivity contribution is 0.305. The molecular weight excluding hydrogens is 262 g/mol. The number of benzene rings is 1. The van der Waals surface area contributed by atoms with Crippen molar-refractivity contribution in [2.75, 3.05) is 5.73 Å². The molecule has 4 nitrogen and oxygen atoms in total. The largest absolute Gasteiger partial charge is 0.438 e. The lowest BCUT2D eigenvalue weighted by atomic mass is 9.76. The van der Waals surface area contributed by atoms with Crippen molar-refractivity contribution in [1.29, 1.82) is 0 Å². The third-order valence-electron chi connectivity index (χ3n) is 4.07. The molecule has 4 heteroatoms. The molecule has 0 saturated carbocycles. The summed E-state index contributed by atoms with van der Waals surface area (Å²) in [6, 6.07) is 7.93. The van der Waals surface area contributed by atoms with E-state index in [1.807, 2.05) is 31.2 Å². The second-order valence-corrected chi connectivity index (χ2v) is 6.52. The number of hydrogen-bond donors (Lipinski definition) is 1. The van der Waals surface area contributed by atoms with E-state index in [2.05, 4.69) is 23.8 Å². The van der Waals surface area contributed by atoms with Crippen LogP contribution in [0, 0.1) is 12.3 Å². The number of para-hydroxylation sites is 1. The molecule has 1 aromatic heterocycles. The van der Waals surface area contributed by atoms with Crippen molar-refractivity contribution in [2.45, 2.75) is 40.0 Å². The second kappa shape index (κ2) is 5.02. The first-order valence-electron chi connectivity index (χ1n) is 7.33. The number of nitrogens with two attached hydrogens (primary N) is 1. The van der Waals surface area contributed by atoms with Gasteiger partial charge >= 0.3 is 0 Å². The highest BCUT2D eigenvalue weighted by Crippen LogP contribution is 2.38. The highest BCUT2D eigenvalue weighted by molar-refractivity contribution is 5.42. The normalized spacial score (nSPS) is 16.3. The van der Waals surface area contributed by atoms with Crippen LogP contribution >= 0.6 is 0 Å². The molecule has 1 aliphatic carbocycles. The van der Waals surface area contributed by atoms with Gasteiger partial charge in [0.05, 0.1) is 5.69 Å². The fourth-order valence-corrected chi connectivity index (χ4v) is 2.79. The van der Waals surface area contributed by atoms with Gasteiger partial charge in [0.2, 0.25) is 11.8 Å². The monoisotopic (exact) mass is 283 g/mol. The molecule has 110 valence electrons. The van der Waals surface area contributed by atoms with E-state index < -0.39 is 0 Å². The summed E-state index contributed by atoms with van der Waals surface area (Å²) in [5, 5.41) is 0. The smallest absolute Gasteiger partial charge is 0.227 e. The fraction of sp³-hybridized carbons (Fsp3) is 0.412. The van der Waals surface area contributed by atoms with Crippen LogP contribution in [0.4, 0.5) is 5.95 Å². The molecule has 1 heterocycles. The maximum Gasteiger partial charge on any atom is 0.227 e. The molecule has 0 saturated heterocycles. The van der Waals surface area contributed by atoms with Gasteiger partial charge in [0, 0.05) is 5.56 Å². The predicted octanol–water partition coefficient (Wildman–Crippen LogP) is 3.67. The summed E-state index contributed by atoms with van der Waals surface area (Å²) in [7, 11) is 0. The van der Waals surface area contributed by atoms with Gasteiger partial charge in [-0.1, -0.05) is 32.0 Å². The van der Waals surface area contributed by atoms with E-state index in [1.54, 1.807) is 0 Å². The maximum absolute atomic E-state index is 6.03. The Hall–Kier alpha value is -2.10. The number of aromatic nitrogens is 2. The SMILES string of the molecule is Cc1ccccc1Oc1nc(N)nc2c1CCC(C)(C)C2. The van der Waals surface area contributed by atoms with Crippen LogP contribution < -0.4 is 10.5 Å². The van der Waals surface area contributed by atoms with Crippen molar-refractivity contribution < 1.29 is 4.74 Å². The van der Waals surface area contributed by atoms with E-state index in [-0.39, 0.29) is 11.4 Å². The van der Waals surface area contributed by atoms with Crippen LogP contribution in [0.5, 0.6) is 11.6 Å². The van der Waals surface area contributed by atoms with E-state index in [0.29, 0.717) is 5.88 Å². The summed E-state index contributed by atoms with van der Waals surface area (Å²) in [6.45, 7) is 6.54. The zero-order chi connectivity index (χ0) is 15.0. The van der Waals surface area contributed by atoms with Crippen LogP contribution in [-0.4, -0.2) is 9.97 Å². The summed E-state index contributed by atoms with van der Waals surface area (Å²) in [5.41, 5.74) is 9.33. The van der Waals surface area contributed by atoms with Crippen LogP contribution in [0.25, 0.3) is 0 Å². The average molecular weight is 283 g/mol. The van der Waals surface area contributed by atoms with Crippen LogP contribution in [0.2, 0.25) is 0 Å². The highest BCUT2D eigenvalue weighted by atomic mass is 16.5. The Labute approximate surface area is 125 Å². The molecule has 3 rings (SSSR count). The summed E-state index contributed by atoms with van der Waals surface area (Å²) in [4.78, 5) is 8.74. The first kappa shape index (κ1) is 13.9. The second-order valence-electron chi connectivity index (χ2n) is 6.52. The third-order valence-corrected chi connectivity index (χ3v) is 4.07. The summed E-state index contributed by atoms with van der Waals surface area (Å²) >= 11 is 0. The van der Waals surface area contributed by atoms with Gasteiger partial charge in [-0.15, -0.1) is 0 Å². The molecular formula is C17H21N3O. The van der Waals surface area contributed by atoms with Crippen LogP contribution in [0.3, 0.4) is 0 Å². The molecule has 2 N–H and O–H groups in total. The topological polar surface area (TPSA) is 61.0 Å². The number of ether oxygens (including phenoxy) is 1. The molecule has 1 aliphatic rings. The molecule has 0 radical (unpaired) electrons. The molecule has 2 aromatic rings. The first-order chi connectivity index (χ1) is 9.94. The number of nitrogen functional groups attached to an aromatic ring is 1. The first-order valence-corrected chi connectivity index (χ1v) is 7.33. The summed E-state index contributed by atoms with van der Waals surface area (Å²) in [5.74, 6) is 1.72. The van der Waals surface area contributed by atoms with E-state index in [0.717, 1.165) is 41.8 Å². The van der Waals surface area contributed by atoms with E-state index in [9.17, 15) is 0 Å². The lowest BCUT2D eigenvalue weighted by Gasteiger charge is -2.31. The minimum atomic E-state index is 0.258. The Bertz CT molecular complexity index is 680. The average Bonchev–Trinajstić information content (AvgIpc) is 2.39. The van der Waals surface area contributed by atoms with Crippen LogP contribution in [-0.2, 0) is 12.8 Å². The maximum atomic E-state index is 6.03. The zero-order valence-corrected chi connectivity index (χ0v) is 12.8. The van der Waals surface area contributed by atoms with Crippen molar-refractivity contribution >= 4 is 5.95 Å². The van der Waals surface area contributed by atoms with Crippen molar-refractivity contribution in [3.05, 3.63) is 41.1 Å². The van der Waals surface area contributed by atoms with Crippen molar-refractivity contribution in [2.24, 2.45) is 5.41 Å². The number of aryl methyl sites for hydroxylation is 1. The van der Waals surface area contributed by atoms with Gasteiger partial charge in [0.1, 0.15) is 5.75 Å². The molecule has 0 aliphatic heterocycles. The van der Waals surface area contributed by atoms with Gasteiger partial charge in [-0.25, -0.2) is 4.98 Å². The van der Waals surface area contributed by atoms with Crippen molar-refractivity contribution in [1.82, 2.24) is 9.97 Å². The Morgan fingerprint density at radius 3 is 2.71 bits per heavy atom. The number of nitrogens with zero attached hydrogens (tertiary/aromatic N) is 2. The van der Waals surface area contributed by atoms with Gasteiger partial charge in [0.15, 0.2) is 0 Å². The molecule has 0 atom stereocenters. The van der Waals surface area contributed by atoms with Gasteiger partial charge in [0.25, 0.3) is 0 Å². The molecule has 0 spiro atoms. The Morgan fingerprint density at radius 2 is 1.95 bits per heavy atom. The van der Waals surface area contributed by atoms with Crippen LogP contribution in [0.1, 0.15) is 37.1 Å². The number of hydrogen-bond acceptors (Lipinski definition) is 4. The van der Waals surface area contributed by atoms with Crippen LogP contribution in [0.15, 0.2) is 24.3 Å². The van der Waals surface area contributed by atoms with Gasteiger partial charge < -0.3 is 10.5 Å². The van der Waals surface area contributed by atoms with Gasteiger partial charge in [-0.05, 0) is 43.2 Å². The molecule has 21 heavy (non-hydrogen) atoms. The van der Waals surface area contributed by atoms with E-state index >= 15 is 0 Å². The third kappa shape index (κ3) is 2.84. The standard InChI is InChI=1S/C17H21N3O/c1-11-6-4-5-7-14(11)21-15-12-8-9-17(2,3)10-13(12)19-16(18)20-15/h4-7H,8-10H2,1-3H3,(H2,18,19,20). The summed E-state index contributed by atoms with van der Waals surface area (Å²) < 4.78 is 6.03. The molecule has 0 amide bonds. The zero-order valence-electron chi connectivity index (χ0n) is 12.8. The minimum absolute atomic E-state index is 0.258. The highest BCUT2D eigenvalue weighted by Gasteiger charge is 2.29. The van der Waals surface area contributed by atoms with E-state index in [1.165, 1.54) is 0 Å². The Balaban J connectivity index is 2.00. The van der Waals surface area contributed by atoms with Gasteiger partial charge in [-0.2, -0.15) is 4.98 Å². The quantitative estimate of drug-likeness (QED) is 0.913. The number of rotatable bonds is 2. The fourth-order valence-electron chi connectivity index (χ4n) is 2.79. The number of anilines is 1. The molecule has 0 bridgehead atoms.